The maximum atomic E-state index is 12.5. The van der Waals surface area contributed by atoms with Crippen LogP contribution in [0.3, 0.4) is 0 Å². The fourth-order valence-corrected chi connectivity index (χ4v) is 2.84. The number of nitrogens with zero attached hydrogens (tertiary/aromatic N) is 2. The van der Waals surface area contributed by atoms with E-state index < -0.39 is 0 Å². The Morgan fingerprint density at radius 3 is 2.32 bits per heavy atom. The van der Waals surface area contributed by atoms with E-state index in [4.69, 9.17) is 0 Å². The van der Waals surface area contributed by atoms with Gasteiger partial charge in [-0.05, 0) is 31.9 Å². The molecule has 1 aromatic carbocycles. The van der Waals surface area contributed by atoms with Crippen LogP contribution in [-0.4, -0.2) is 33.7 Å². The van der Waals surface area contributed by atoms with Crippen molar-refractivity contribution in [1.82, 2.24) is 14.7 Å². The van der Waals surface area contributed by atoms with Gasteiger partial charge in [0.2, 0.25) is 0 Å². The Hall–Kier alpha value is -2.30. The Kier molecular flexibility index (Phi) is 4.13. The third kappa shape index (κ3) is 2.98. The van der Waals surface area contributed by atoms with Crippen molar-refractivity contribution in [3.8, 4) is 5.69 Å². The number of hydrogen-bond donors (Lipinski definition) is 1. The van der Waals surface area contributed by atoms with Crippen LogP contribution in [0.15, 0.2) is 35.1 Å². The van der Waals surface area contributed by atoms with Crippen molar-refractivity contribution < 1.29 is 4.79 Å². The molecule has 1 saturated heterocycles. The van der Waals surface area contributed by atoms with Crippen molar-refractivity contribution in [2.45, 2.75) is 32.6 Å². The Labute approximate surface area is 129 Å². The second-order valence-corrected chi connectivity index (χ2v) is 5.89. The molecule has 2 heterocycles. The van der Waals surface area contributed by atoms with Gasteiger partial charge in [-0.15, -0.1) is 0 Å². The molecule has 0 radical (unpaired) electrons. The van der Waals surface area contributed by atoms with Crippen LogP contribution in [0.2, 0.25) is 0 Å². The number of aromatic amines is 1. The van der Waals surface area contributed by atoms with E-state index in [1.165, 1.54) is 23.6 Å². The third-order valence-corrected chi connectivity index (χ3v) is 4.14. The summed E-state index contributed by atoms with van der Waals surface area (Å²) in [6.45, 7) is 3.54. The van der Waals surface area contributed by atoms with Crippen molar-refractivity contribution in [3.05, 3.63) is 51.9 Å². The minimum atomic E-state index is -0.206. The minimum absolute atomic E-state index is 0.0788. The highest BCUT2D eigenvalue weighted by Crippen LogP contribution is 2.13. The molecule has 2 aromatic rings. The van der Waals surface area contributed by atoms with Gasteiger partial charge >= 0.3 is 0 Å². The van der Waals surface area contributed by atoms with Crippen LogP contribution in [0.4, 0.5) is 0 Å². The van der Waals surface area contributed by atoms with Crippen molar-refractivity contribution in [2.75, 3.05) is 13.1 Å². The molecule has 0 aliphatic carbocycles. The molecular weight excluding hydrogens is 278 g/mol. The fourth-order valence-electron chi connectivity index (χ4n) is 2.84. The van der Waals surface area contributed by atoms with E-state index in [2.05, 4.69) is 5.10 Å². The zero-order chi connectivity index (χ0) is 15.5. The summed E-state index contributed by atoms with van der Waals surface area (Å²) >= 11 is 0. The zero-order valence-electron chi connectivity index (χ0n) is 12.8. The number of rotatable bonds is 2. The Morgan fingerprint density at radius 1 is 1.05 bits per heavy atom. The summed E-state index contributed by atoms with van der Waals surface area (Å²) in [6, 6.07) is 9.02. The van der Waals surface area contributed by atoms with Gasteiger partial charge < -0.3 is 4.90 Å². The molecule has 0 spiro atoms. The van der Waals surface area contributed by atoms with E-state index in [1.54, 1.807) is 0 Å². The van der Waals surface area contributed by atoms with Gasteiger partial charge in [0.15, 0.2) is 0 Å². The normalized spacial score (nSPS) is 15.6. The molecular formula is C17H21N3O2. The second-order valence-electron chi connectivity index (χ2n) is 5.89. The van der Waals surface area contributed by atoms with Crippen LogP contribution in [-0.2, 0) is 0 Å². The van der Waals surface area contributed by atoms with E-state index in [0.29, 0.717) is 5.69 Å². The van der Waals surface area contributed by atoms with Crippen LogP contribution in [0.5, 0.6) is 0 Å². The van der Waals surface area contributed by atoms with Gasteiger partial charge in [-0.25, -0.2) is 4.68 Å². The summed E-state index contributed by atoms with van der Waals surface area (Å²) in [7, 11) is 0. The van der Waals surface area contributed by atoms with Crippen molar-refractivity contribution in [1.29, 1.82) is 0 Å². The first kappa shape index (κ1) is 14.6. The molecule has 1 aromatic heterocycles. The average Bonchev–Trinajstić information content (AvgIpc) is 2.74. The summed E-state index contributed by atoms with van der Waals surface area (Å²) in [4.78, 5) is 26.5. The number of carbonyl (C=O) groups excluding carboxylic acids is 1. The maximum Gasteiger partial charge on any atom is 0.271 e. The molecule has 5 heteroatoms. The first-order valence-corrected chi connectivity index (χ1v) is 7.83. The van der Waals surface area contributed by atoms with Gasteiger partial charge in [0, 0.05) is 19.2 Å². The average molecular weight is 299 g/mol. The number of carbonyl (C=O) groups is 1. The summed E-state index contributed by atoms with van der Waals surface area (Å²) in [5.74, 6) is -0.0788. The number of benzene rings is 1. The number of amides is 1. The lowest BCUT2D eigenvalue weighted by Gasteiger charge is -2.19. The highest BCUT2D eigenvalue weighted by molar-refractivity contribution is 5.92. The molecule has 1 fully saturated rings. The first-order valence-electron chi connectivity index (χ1n) is 7.83. The zero-order valence-corrected chi connectivity index (χ0v) is 12.8. The van der Waals surface area contributed by atoms with Crippen LogP contribution < -0.4 is 5.56 Å². The quantitative estimate of drug-likeness (QED) is 0.926. The minimum Gasteiger partial charge on any atom is -0.337 e. The first-order chi connectivity index (χ1) is 10.6. The molecule has 0 saturated carbocycles. The Balaban J connectivity index is 1.86. The van der Waals surface area contributed by atoms with E-state index in [-0.39, 0.29) is 11.5 Å². The molecule has 5 nitrogen and oxygen atoms in total. The van der Waals surface area contributed by atoms with Crippen molar-refractivity contribution in [2.24, 2.45) is 0 Å². The van der Waals surface area contributed by atoms with Gasteiger partial charge in [-0.2, -0.15) is 0 Å². The van der Waals surface area contributed by atoms with E-state index in [0.717, 1.165) is 37.2 Å². The third-order valence-electron chi connectivity index (χ3n) is 4.14. The molecule has 1 amide bonds. The van der Waals surface area contributed by atoms with Gasteiger partial charge in [-0.3, -0.25) is 14.7 Å². The fraction of sp³-hybridized carbons (Fsp3) is 0.412. The number of aryl methyl sites for hydroxylation is 1. The van der Waals surface area contributed by atoms with Crippen LogP contribution >= 0.6 is 0 Å². The topological polar surface area (TPSA) is 58.1 Å². The highest BCUT2D eigenvalue weighted by atomic mass is 16.2. The summed E-state index contributed by atoms with van der Waals surface area (Å²) in [5.41, 5.74) is 2.03. The maximum absolute atomic E-state index is 12.5. The molecule has 116 valence electrons. The van der Waals surface area contributed by atoms with Crippen LogP contribution in [0.25, 0.3) is 5.69 Å². The molecule has 22 heavy (non-hydrogen) atoms. The van der Waals surface area contributed by atoms with Crippen molar-refractivity contribution in [3.63, 3.8) is 0 Å². The summed E-state index contributed by atoms with van der Waals surface area (Å²) < 4.78 is 1.42. The largest absolute Gasteiger partial charge is 0.337 e. The highest BCUT2D eigenvalue weighted by Gasteiger charge is 2.20. The number of likely N-dealkylation sites (tertiary alicyclic amines) is 1. The smallest absolute Gasteiger partial charge is 0.271 e. The van der Waals surface area contributed by atoms with Gasteiger partial charge in [0.25, 0.3) is 11.5 Å². The van der Waals surface area contributed by atoms with Crippen LogP contribution in [0.1, 0.15) is 41.7 Å². The number of aromatic nitrogens is 2. The van der Waals surface area contributed by atoms with Gasteiger partial charge in [0.05, 0.1) is 5.69 Å². The SMILES string of the molecule is Cc1ccc(-n2[nH]c(C(=O)N3CCCCCC3)cc2=O)cc1. The van der Waals surface area contributed by atoms with Gasteiger partial charge in [-0.1, -0.05) is 30.5 Å². The second kappa shape index (κ2) is 6.22. The monoisotopic (exact) mass is 299 g/mol. The van der Waals surface area contributed by atoms with Crippen LogP contribution in [0, 0.1) is 6.92 Å². The standard InChI is InChI=1S/C17H21N3O2/c1-13-6-8-14(9-7-13)20-16(21)12-15(18-20)17(22)19-10-4-2-3-5-11-19/h6-9,12,18H,2-5,10-11H2,1H3. The molecule has 1 N–H and O–H groups in total. The number of H-pyrrole nitrogens is 1. The lowest BCUT2D eigenvalue weighted by Crippen LogP contribution is -2.32. The summed E-state index contributed by atoms with van der Waals surface area (Å²) in [6.07, 6.45) is 4.42. The molecule has 0 bridgehead atoms. The Bertz CT molecular complexity index is 704. The number of hydrogen-bond acceptors (Lipinski definition) is 2. The summed E-state index contributed by atoms with van der Waals surface area (Å²) in [5, 5.41) is 2.95. The molecule has 1 aliphatic heterocycles. The lowest BCUT2D eigenvalue weighted by atomic mass is 10.2. The van der Waals surface area contributed by atoms with Crippen molar-refractivity contribution >= 4 is 5.91 Å². The lowest BCUT2D eigenvalue weighted by molar-refractivity contribution is 0.0755. The molecule has 3 rings (SSSR count). The Morgan fingerprint density at radius 2 is 1.68 bits per heavy atom. The number of nitrogens with one attached hydrogen (secondary N) is 1. The molecule has 0 unspecified atom stereocenters. The van der Waals surface area contributed by atoms with E-state index >= 15 is 0 Å². The van der Waals surface area contributed by atoms with E-state index in [1.807, 2.05) is 36.1 Å². The van der Waals surface area contributed by atoms with E-state index in [9.17, 15) is 9.59 Å². The predicted molar refractivity (Wildman–Crippen MR) is 85.5 cm³/mol. The molecule has 0 atom stereocenters. The van der Waals surface area contributed by atoms with Gasteiger partial charge in [0.1, 0.15) is 5.69 Å². The predicted octanol–water partition coefficient (Wildman–Crippen LogP) is 2.49. The molecule has 1 aliphatic rings.